The van der Waals surface area contributed by atoms with E-state index in [2.05, 4.69) is 52.2 Å². The van der Waals surface area contributed by atoms with Gasteiger partial charge < -0.3 is 14.0 Å². The maximum absolute atomic E-state index is 6.14. The molecule has 4 rings (SSSR count). The molecule has 24 heavy (non-hydrogen) atoms. The largest absolute Gasteiger partial charge is 0.491 e. The van der Waals surface area contributed by atoms with E-state index in [-0.39, 0.29) is 6.10 Å². The Morgan fingerprint density at radius 3 is 2.58 bits per heavy atom. The van der Waals surface area contributed by atoms with E-state index < -0.39 is 0 Å². The Bertz CT molecular complexity index is 644. The summed E-state index contributed by atoms with van der Waals surface area (Å²) in [6.07, 6.45) is 8.22. The van der Waals surface area contributed by atoms with E-state index in [9.17, 15) is 0 Å². The number of hydrogen-bond acceptors (Lipinski definition) is 3. The number of ether oxygens (including phenoxy) is 2. The molecule has 2 aromatic rings. The molecule has 3 heterocycles. The smallest absolute Gasteiger partial charge is 0.124 e. The Labute approximate surface area is 144 Å². The van der Waals surface area contributed by atoms with Crippen molar-refractivity contribution in [2.45, 2.75) is 38.5 Å². The van der Waals surface area contributed by atoms with Crippen molar-refractivity contribution in [1.29, 1.82) is 0 Å². The normalized spacial score (nSPS) is 20.9. The molecule has 0 aliphatic carbocycles. The van der Waals surface area contributed by atoms with Gasteiger partial charge in [-0.25, -0.2) is 0 Å². The number of likely N-dealkylation sites (tertiary alicyclic amines) is 1. The first-order valence-corrected chi connectivity index (χ1v) is 9.06. The summed E-state index contributed by atoms with van der Waals surface area (Å²) < 4.78 is 13.8. The van der Waals surface area contributed by atoms with Crippen molar-refractivity contribution >= 4 is 0 Å². The predicted molar refractivity (Wildman–Crippen MR) is 94.3 cm³/mol. The number of aromatic nitrogens is 1. The van der Waals surface area contributed by atoms with E-state index in [0.717, 1.165) is 31.9 Å². The van der Waals surface area contributed by atoms with E-state index >= 15 is 0 Å². The van der Waals surface area contributed by atoms with Gasteiger partial charge in [0.2, 0.25) is 0 Å². The van der Waals surface area contributed by atoms with Gasteiger partial charge in [0.15, 0.2) is 0 Å². The second kappa shape index (κ2) is 7.41. The highest BCUT2D eigenvalue weighted by molar-refractivity contribution is 5.38. The summed E-state index contributed by atoms with van der Waals surface area (Å²) in [7, 11) is 0. The first-order chi connectivity index (χ1) is 11.9. The Balaban J connectivity index is 1.49. The molecule has 2 aliphatic rings. The molecular weight excluding hydrogens is 300 g/mol. The Morgan fingerprint density at radius 1 is 1.08 bits per heavy atom. The molecule has 1 atom stereocenters. The van der Waals surface area contributed by atoms with Gasteiger partial charge >= 0.3 is 0 Å². The minimum Gasteiger partial charge on any atom is -0.491 e. The third kappa shape index (κ3) is 3.82. The average molecular weight is 326 g/mol. The quantitative estimate of drug-likeness (QED) is 0.781. The molecule has 4 nitrogen and oxygen atoms in total. The second-order valence-electron chi connectivity index (χ2n) is 6.87. The topological polar surface area (TPSA) is 26.6 Å². The van der Waals surface area contributed by atoms with Crippen LogP contribution in [-0.2, 0) is 17.8 Å². The first-order valence-electron chi connectivity index (χ1n) is 9.06. The fourth-order valence-electron chi connectivity index (χ4n) is 3.43. The Morgan fingerprint density at radius 2 is 1.88 bits per heavy atom. The van der Waals surface area contributed by atoms with Crippen molar-refractivity contribution in [2.24, 2.45) is 0 Å². The fraction of sp³-hybridized carbons (Fsp3) is 0.500. The Hall–Kier alpha value is -1.78. The summed E-state index contributed by atoms with van der Waals surface area (Å²) in [5.74, 6) is 1.01. The zero-order valence-corrected chi connectivity index (χ0v) is 14.2. The van der Waals surface area contributed by atoms with Crippen LogP contribution in [0.4, 0.5) is 0 Å². The first kappa shape index (κ1) is 15.7. The molecule has 1 aromatic heterocycles. The van der Waals surface area contributed by atoms with Crippen LogP contribution in [0.2, 0.25) is 0 Å². The molecule has 2 fully saturated rings. The zero-order chi connectivity index (χ0) is 16.2. The lowest BCUT2D eigenvalue weighted by molar-refractivity contribution is -0.0722. The molecule has 4 heteroatoms. The van der Waals surface area contributed by atoms with Gasteiger partial charge in [-0.15, -0.1) is 0 Å². The third-order valence-electron chi connectivity index (χ3n) is 4.97. The van der Waals surface area contributed by atoms with Crippen molar-refractivity contribution in [3.8, 4) is 5.75 Å². The van der Waals surface area contributed by atoms with Gasteiger partial charge in [-0.3, -0.25) is 4.90 Å². The van der Waals surface area contributed by atoms with Crippen LogP contribution in [0.1, 0.15) is 30.4 Å². The molecule has 0 spiro atoms. The van der Waals surface area contributed by atoms with Gasteiger partial charge in [-0.05, 0) is 49.7 Å². The minimum absolute atomic E-state index is 0.270. The molecule has 0 bridgehead atoms. The highest BCUT2D eigenvalue weighted by Crippen LogP contribution is 2.25. The van der Waals surface area contributed by atoms with Crippen molar-refractivity contribution in [3.05, 3.63) is 53.9 Å². The van der Waals surface area contributed by atoms with Gasteiger partial charge in [0.05, 0.1) is 12.6 Å². The molecule has 2 aliphatic heterocycles. The summed E-state index contributed by atoms with van der Waals surface area (Å²) in [6, 6.07) is 10.8. The lowest BCUT2D eigenvalue weighted by atomic mass is 10.1. The summed E-state index contributed by atoms with van der Waals surface area (Å²) >= 11 is 0. The molecular formula is C20H26N2O2. The van der Waals surface area contributed by atoms with Crippen LogP contribution in [0.5, 0.6) is 5.75 Å². The fourth-order valence-corrected chi connectivity index (χ4v) is 3.43. The molecule has 0 radical (unpaired) electrons. The van der Waals surface area contributed by atoms with Crippen LogP contribution >= 0.6 is 0 Å². The monoisotopic (exact) mass is 326 g/mol. The van der Waals surface area contributed by atoms with Crippen molar-refractivity contribution in [1.82, 2.24) is 9.47 Å². The lowest BCUT2D eigenvalue weighted by Crippen LogP contribution is -2.32. The summed E-state index contributed by atoms with van der Waals surface area (Å²) in [5, 5.41) is 0. The zero-order valence-electron chi connectivity index (χ0n) is 14.2. The van der Waals surface area contributed by atoms with Crippen LogP contribution in [0, 0.1) is 0 Å². The van der Waals surface area contributed by atoms with Gasteiger partial charge in [0.25, 0.3) is 0 Å². The van der Waals surface area contributed by atoms with Gasteiger partial charge in [-0.1, -0.05) is 12.1 Å². The molecule has 2 saturated heterocycles. The van der Waals surface area contributed by atoms with Gasteiger partial charge in [0.1, 0.15) is 12.4 Å². The third-order valence-corrected chi connectivity index (χ3v) is 4.97. The summed E-state index contributed by atoms with van der Waals surface area (Å²) in [5.41, 5.74) is 2.58. The highest BCUT2D eigenvalue weighted by Gasteiger charge is 2.20. The molecule has 1 unspecified atom stereocenters. The van der Waals surface area contributed by atoms with Crippen LogP contribution in [0.3, 0.4) is 0 Å². The second-order valence-corrected chi connectivity index (χ2v) is 6.87. The predicted octanol–water partition coefficient (Wildman–Crippen LogP) is 3.30. The number of rotatable bonds is 7. The van der Waals surface area contributed by atoms with Crippen LogP contribution in [0.25, 0.3) is 0 Å². The van der Waals surface area contributed by atoms with Crippen LogP contribution in [0.15, 0.2) is 42.7 Å². The maximum atomic E-state index is 6.14. The van der Waals surface area contributed by atoms with Crippen LogP contribution < -0.4 is 4.74 Å². The van der Waals surface area contributed by atoms with E-state index in [1.54, 1.807) is 0 Å². The average Bonchev–Trinajstić information content (AvgIpc) is 3.22. The number of nitrogens with zero attached hydrogens (tertiary/aromatic N) is 2. The lowest BCUT2D eigenvalue weighted by Gasteiger charge is -2.27. The van der Waals surface area contributed by atoms with Gasteiger partial charge in [-0.2, -0.15) is 0 Å². The highest BCUT2D eigenvalue weighted by atomic mass is 16.5. The van der Waals surface area contributed by atoms with E-state index in [4.69, 9.17) is 9.47 Å². The SMILES string of the molecule is c1ccn(Cc2ccc(CN3CCCC3)cc2OCC2CCO2)c1. The molecule has 128 valence electrons. The van der Waals surface area contributed by atoms with E-state index in [1.807, 2.05) is 0 Å². The van der Waals surface area contributed by atoms with Gasteiger partial charge in [0, 0.05) is 37.5 Å². The number of benzene rings is 1. The Kier molecular flexibility index (Phi) is 4.86. The standard InChI is InChI=1S/C20H26N2O2/c1-2-9-21(8-1)14-17-5-6-18(15-22-10-3-4-11-22)20(13-17)24-16-19-7-12-23-19/h3-6,10-11,13,19H,1-2,7-9,12,14-16H2. The van der Waals surface area contributed by atoms with Crippen LogP contribution in [-0.4, -0.2) is 41.9 Å². The van der Waals surface area contributed by atoms with Crippen molar-refractivity contribution in [3.63, 3.8) is 0 Å². The molecule has 0 amide bonds. The maximum Gasteiger partial charge on any atom is 0.124 e. The molecule has 1 aromatic carbocycles. The summed E-state index contributed by atoms with van der Waals surface area (Å²) in [6.45, 7) is 5.84. The van der Waals surface area contributed by atoms with Crippen molar-refractivity contribution in [2.75, 3.05) is 26.3 Å². The number of hydrogen-bond donors (Lipinski definition) is 0. The van der Waals surface area contributed by atoms with Crippen molar-refractivity contribution < 1.29 is 9.47 Å². The van der Waals surface area contributed by atoms with E-state index in [0.29, 0.717) is 6.61 Å². The summed E-state index contributed by atoms with van der Waals surface area (Å²) in [4.78, 5) is 2.53. The molecule has 0 N–H and O–H groups in total. The van der Waals surface area contributed by atoms with E-state index in [1.165, 1.54) is 37.1 Å². The minimum atomic E-state index is 0.270. The molecule has 0 saturated carbocycles.